The number of hydrogen-bond acceptors (Lipinski definition) is 5. The molecule has 2 aromatic rings. The van der Waals surface area contributed by atoms with Crippen LogP contribution in [0, 0.1) is 0 Å². The highest BCUT2D eigenvalue weighted by Gasteiger charge is 2.19. The highest BCUT2D eigenvalue weighted by Crippen LogP contribution is 2.31. The number of aliphatic hydroxyl groups excluding tert-OH is 1. The third-order valence-electron chi connectivity index (χ3n) is 4.13. The van der Waals surface area contributed by atoms with E-state index in [1.165, 1.54) is 0 Å². The standard InChI is InChI=1S/C18H23NO4/c1-2-15(13-20)19(12-16-4-3-7-21-16)11-14-5-6-17-18(10-14)23-9-8-22-17/h3-7,10,15,20H,2,8-9,11-13H2,1H3/t15-/m1/s1. The summed E-state index contributed by atoms with van der Waals surface area (Å²) in [5.41, 5.74) is 1.13. The average molecular weight is 317 g/mol. The molecule has 5 nitrogen and oxygen atoms in total. The van der Waals surface area contributed by atoms with Gasteiger partial charge >= 0.3 is 0 Å². The molecule has 0 saturated carbocycles. The van der Waals surface area contributed by atoms with Crippen molar-refractivity contribution in [2.45, 2.75) is 32.5 Å². The first-order valence-corrected chi connectivity index (χ1v) is 8.06. The Bertz CT molecular complexity index is 607. The SMILES string of the molecule is CC[C@H](CO)N(Cc1ccc2c(c1)OCCO2)Cc1ccco1. The van der Waals surface area contributed by atoms with Gasteiger partial charge in [0, 0.05) is 12.6 Å². The molecule has 0 fully saturated rings. The zero-order valence-corrected chi connectivity index (χ0v) is 13.4. The first kappa shape index (κ1) is 15.9. The summed E-state index contributed by atoms with van der Waals surface area (Å²) in [6.45, 7) is 4.78. The van der Waals surface area contributed by atoms with E-state index in [1.54, 1.807) is 6.26 Å². The number of aliphatic hydroxyl groups is 1. The van der Waals surface area contributed by atoms with Crippen LogP contribution in [0.15, 0.2) is 41.0 Å². The van der Waals surface area contributed by atoms with Gasteiger partial charge in [-0.05, 0) is 36.2 Å². The Kier molecular flexibility index (Phi) is 5.20. The van der Waals surface area contributed by atoms with Crippen molar-refractivity contribution in [1.29, 1.82) is 0 Å². The summed E-state index contributed by atoms with van der Waals surface area (Å²) in [6.07, 6.45) is 2.55. The average Bonchev–Trinajstić information content (AvgIpc) is 3.09. The molecular weight excluding hydrogens is 294 g/mol. The van der Waals surface area contributed by atoms with Gasteiger partial charge < -0.3 is 19.0 Å². The van der Waals surface area contributed by atoms with Gasteiger partial charge in [0.25, 0.3) is 0 Å². The van der Waals surface area contributed by atoms with Crippen LogP contribution in [0.25, 0.3) is 0 Å². The van der Waals surface area contributed by atoms with Crippen molar-refractivity contribution in [3.05, 3.63) is 47.9 Å². The lowest BCUT2D eigenvalue weighted by atomic mass is 10.1. The minimum Gasteiger partial charge on any atom is -0.486 e. The molecule has 124 valence electrons. The maximum absolute atomic E-state index is 9.68. The highest BCUT2D eigenvalue weighted by atomic mass is 16.6. The Balaban J connectivity index is 1.77. The minimum atomic E-state index is 0.0910. The van der Waals surface area contributed by atoms with Crippen LogP contribution in [0.4, 0.5) is 0 Å². The van der Waals surface area contributed by atoms with Crippen LogP contribution < -0.4 is 9.47 Å². The Morgan fingerprint density at radius 1 is 1.13 bits per heavy atom. The molecule has 0 saturated heterocycles. The summed E-state index contributed by atoms with van der Waals surface area (Å²) in [5.74, 6) is 2.49. The molecule has 2 heterocycles. The second-order valence-corrected chi connectivity index (χ2v) is 5.71. The van der Waals surface area contributed by atoms with Crippen molar-refractivity contribution >= 4 is 0 Å². The Morgan fingerprint density at radius 2 is 1.96 bits per heavy atom. The van der Waals surface area contributed by atoms with Crippen LogP contribution in [-0.2, 0) is 13.1 Å². The predicted octanol–water partition coefficient (Wildman–Crippen LogP) is 2.82. The molecule has 1 aliphatic heterocycles. The van der Waals surface area contributed by atoms with Crippen LogP contribution in [0.5, 0.6) is 11.5 Å². The second-order valence-electron chi connectivity index (χ2n) is 5.71. The fraction of sp³-hybridized carbons (Fsp3) is 0.444. The number of fused-ring (bicyclic) bond motifs is 1. The number of benzene rings is 1. The third-order valence-corrected chi connectivity index (χ3v) is 4.13. The fourth-order valence-electron chi connectivity index (χ4n) is 2.84. The first-order valence-electron chi connectivity index (χ1n) is 8.06. The minimum absolute atomic E-state index is 0.0910. The number of rotatable bonds is 7. The van der Waals surface area contributed by atoms with E-state index in [1.807, 2.05) is 30.3 Å². The normalized spacial score (nSPS) is 14.9. The summed E-state index contributed by atoms with van der Waals surface area (Å²) in [6, 6.07) is 9.96. The maximum Gasteiger partial charge on any atom is 0.161 e. The molecule has 0 amide bonds. The Morgan fingerprint density at radius 3 is 2.65 bits per heavy atom. The van der Waals surface area contributed by atoms with E-state index in [4.69, 9.17) is 13.9 Å². The van der Waals surface area contributed by atoms with Gasteiger partial charge in [-0.3, -0.25) is 4.90 Å². The van der Waals surface area contributed by atoms with Gasteiger partial charge in [-0.1, -0.05) is 13.0 Å². The zero-order chi connectivity index (χ0) is 16.1. The summed E-state index contributed by atoms with van der Waals surface area (Å²) < 4.78 is 16.7. The van der Waals surface area contributed by atoms with Crippen molar-refractivity contribution in [3.63, 3.8) is 0 Å². The van der Waals surface area contributed by atoms with Crippen molar-refractivity contribution < 1.29 is 19.0 Å². The lowest BCUT2D eigenvalue weighted by Crippen LogP contribution is -2.36. The smallest absolute Gasteiger partial charge is 0.161 e. The molecular formula is C18H23NO4. The molecule has 0 spiro atoms. The van der Waals surface area contributed by atoms with Crippen molar-refractivity contribution in [2.24, 2.45) is 0 Å². The molecule has 5 heteroatoms. The fourth-order valence-corrected chi connectivity index (χ4v) is 2.84. The molecule has 1 aliphatic rings. The lowest BCUT2D eigenvalue weighted by Gasteiger charge is -2.29. The van der Waals surface area contributed by atoms with E-state index in [0.717, 1.165) is 35.8 Å². The molecule has 0 unspecified atom stereocenters. The van der Waals surface area contributed by atoms with Crippen molar-refractivity contribution in [3.8, 4) is 11.5 Å². The molecule has 1 N–H and O–H groups in total. The van der Waals surface area contributed by atoms with Crippen LogP contribution in [0.3, 0.4) is 0 Å². The van der Waals surface area contributed by atoms with Crippen LogP contribution >= 0.6 is 0 Å². The Labute approximate surface area is 136 Å². The van der Waals surface area contributed by atoms with Gasteiger partial charge in [0.15, 0.2) is 11.5 Å². The number of ether oxygens (including phenoxy) is 2. The molecule has 1 aromatic heterocycles. The summed E-state index contributed by atoms with van der Waals surface area (Å²) in [7, 11) is 0. The van der Waals surface area contributed by atoms with Gasteiger partial charge in [0.1, 0.15) is 19.0 Å². The monoisotopic (exact) mass is 317 g/mol. The van der Waals surface area contributed by atoms with Crippen LogP contribution in [0.1, 0.15) is 24.7 Å². The summed E-state index contributed by atoms with van der Waals surface area (Å²) in [4.78, 5) is 2.23. The summed E-state index contributed by atoms with van der Waals surface area (Å²) in [5, 5.41) is 9.68. The highest BCUT2D eigenvalue weighted by molar-refractivity contribution is 5.43. The lowest BCUT2D eigenvalue weighted by molar-refractivity contribution is 0.0996. The molecule has 1 aromatic carbocycles. The van der Waals surface area contributed by atoms with Crippen molar-refractivity contribution in [2.75, 3.05) is 19.8 Å². The van der Waals surface area contributed by atoms with Gasteiger partial charge in [0.05, 0.1) is 19.4 Å². The molecule has 23 heavy (non-hydrogen) atoms. The van der Waals surface area contributed by atoms with Crippen LogP contribution in [0.2, 0.25) is 0 Å². The second kappa shape index (κ2) is 7.53. The van der Waals surface area contributed by atoms with E-state index < -0.39 is 0 Å². The van der Waals surface area contributed by atoms with E-state index in [-0.39, 0.29) is 12.6 Å². The zero-order valence-electron chi connectivity index (χ0n) is 13.4. The largest absolute Gasteiger partial charge is 0.486 e. The van der Waals surface area contributed by atoms with Gasteiger partial charge in [-0.2, -0.15) is 0 Å². The molecule has 0 aliphatic carbocycles. The first-order chi connectivity index (χ1) is 11.3. The predicted molar refractivity (Wildman–Crippen MR) is 86.6 cm³/mol. The van der Waals surface area contributed by atoms with E-state index >= 15 is 0 Å². The number of furan rings is 1. The summed E-state index contributed by atoms with van der Waals surface area (Å²) >= 11 is 0. The van der Waals surface area contributed by atoms with Gasteiger partial charge in [-0.25, -0.2) is 0 Å². The Hall–Kier alpha value is -1.98. The van der Waals surface area contributed by atoms with Crippen LogP contribution in [-0.4, -0.2) is 35.9 Å². The van der Waals surface area contributed by atoms with E-state index in [9.17, 15) is 5.11 Å². The molecule has 1 atom stereocenters. The molecule has 0 bridgehead atoms. The third kappa shape index (κ3) is 3.86. The number of hydrogen-bond donors (Lipinski definition) is 1. The van der Waals surface area contributed by atoms with Gasteiger partial charge in [0.2, 0.25) is 0 Å². The number of nitrogens with zero attached hydrogens (tertiary/aromatic N) is 1. The molecule has 0 radical (unpaired) electrons. The van der Waals surface area contributed by atoms with Crippen molar-refractivity contribution in [1.82, 2.24) is 4.90 Å². The van der Waals surface area contributed by atoms with Gasteiger partial charge in [-0.15, -0.1) is 0 Å². The van der Waals surface area contributed by atoms with E-state index in [0.29, 0.717) is 19.8 Å². The quantitative estimate of drug-likeness (QED) is 0.851. The maximum atomic E-state index is 9.68. The van der Waals surface area contributed by atoms with E-state index in [2.05, 4.69) is 11.8 Å². The topological polar surface area (TPSA) is 55.1 Å². The molecule has 3 rings (SSSR count).